The highest BCUT2D eigenvalue weighted by Crippen LogP contribution is 2.31. The zero-order valence-electron chi connectivity index (χ0n) is 23.5. The number of benzene rings is 2. The number of amides is 3. The highest BCUT2D eigenvalue weighted by molar-refractivity contribution is 7.10. The highest BCUT2D eigenvalue weighted by atomic mass is 32.1. The lowest BCUT2D eigenvalue weighted by Gasteiger charge is -2.31. The summed E-state index contributed by atoms with van der Waals surface area (Å²) >= 11 is 1.58. The molecule has 0 bridgehead atoms. The summed E-state index contributed by atoms with van der Waals surface area (Å²) in [6.07, 6.45) is 5.06. The summed E-state index contributed by atoms with van der Waals surface area (Å²) in [5.74, 6) is 1.42. The van der Waals surface area contributed by atoms with Crippen LogP contribution in [0.5, 0.6) is 11.5 Å². The van der Waals surface area contributed by atoms with Crippen molar-refractivity contribution in [3.05, 3.63) is 81.5 Å². The minimum Gasteiger partial charge on any atom is -0.457 e. The van der Waals surface area contributed by atoms with Gasteiger partial charge in [0.15, 0.2) is 0 Å². The molecule has 9 heteroatoms. The van der Waals surface area contributed by atoms with Crippen LogP contribution in [0.1, 0.15) is 54.2 Å². The number of nitrogens with zero attached hydrogens (tertiary/aromatic N) is 2. The first kappa shape index (κ1) is 29.8. The van der Waals surface area contributed by atoms with E-state index in [1.807, 2.05) is 66.9 Å². The number of nitriles is 1. The molecule has 3 aromatic rings. The number of likely N-dealkylation sites (tertiary alicyclic amines) is 1. The largest absolute Gasteiger partial charge is 0.457 e. The first-order valence-electron chi connectivity index (χ1n) is 14.0. The molecule has 3 amide bonds. The van der Waals surface area contributed by atoms with Crippen LogP contribution < -0.4 is 15.4 Å². The number of hydrogen-bond donors (Lipinski definition) is 2. The molecule has 2 heterocycles. The van der Waals surface area contributed by atoms with E-state index in [0.717, 1.165) is 54.7 Å². The second-order valence-electron chi connectivity index (χ2n) is 10.3. The molecule has 214 valence electrons. The Morgan fingerprint density at radius 2 is 1.83 bits per heavy atom. The third-order valence-corrected chi connectivity index (χ3v) is 8.57. The lowest BCUT2D eigenvalue weighted by molar-refractivity contribution is -0.140. The number of carbonyl (C=O) groups excluding carboxylic acids is 3. The molecule has 0 radical (unpaired) electrons. The Labute approximate surface area is 245 Å². The number of rotatable bonds is 8. The first-order chi connectivity index (χ1) is 19.9. The standard InChI is InChI=1S/C19H24N4O3S.C13H12O/c1-2-14-4-6-16(23(14)18(25)9-21-11-24)19(26)22-13-3-5-15-12(8-20)10-27-17(15)7-13;1-11-7-9-13(10-8-11)14-12-5-3-2-4-6-12/h10-11,13-14,16H,2-7,9H2,1H3,(H,21,24)(H,22,26);2-10H,1H3. The smallest absolute Gasteiger partial charge is 0.243 e. The fourth-order valence-corrected chi connectivity index (χ4v) is 6.50. The molecule has 3 atom stereocenters. The van der Waals surface area contributed by atoms with Crippen LogP contribution in [-0.2, 0) is 27.2 Å². The van der Waals surface area contributed by atoms with Gasteiger partial charge in [0.1, 0.15) is 23.6 Å². The number of aryl methyl sites for hydroxylation is 1. The minimum atomic E-state index is -0.477. The maximum atomic E-state index is 12.9. The summed E-state index contributed by atoms with van der Waals surface area (Å²) in [6, 6.07) is 19.6. The van der Waals surface area contributed by atoms with E-state index in [0.29, 0.717) is 12.8 Å². The topological polar surface area (TPSA) is 112 Å². The van der Waals surface area contributed by atoms with Crippen molar-refractivity contribution in [2.24, 2.45) is 0 Å². The van der Waals surface area contributed by atoms with Crippen LogP contribution in [0.2, 0.25) is 0 Å². The molecule has 2 aliphatic rings. The van der Waals surface area contributed by atoms with E-state index in [1.54, 1.807) is 16.2 Å². The number of fused-ring (bicyclic) bond motifs is 1. The van der Waals surface area contributed by atoms with Crippen LogP contribution in [0.4, 0.5) is 0 Å². The maximum Gasteiger partial charge on any atom is 0.243 e. The van der Waals surface area contributed by atoms with Crippen molar-refractivity contribution >= 4 is 29.6 Å². The van der Waals surface area contributed by atoms with Crippen molar-refractivity contribution in [2.45, 2.75) is 70.5 Å². The number of carbonyl (C=O) groups is 3. The lowest BCUT2D eigenvalue weighted by atomic mass is 9.92. The minimum absolute atomic E-state index is 0.0286. The van der Waals surface area contributed by atoms with Crippen molar-refractivity contribution in [3.8, 4) is 17.6 Å². The molecule has 41 heavy (non-hydrogen) atoms. The van der Waals surface area contributed by atoms with Crippen molar-refractivity contribution in [1.82, 2.24) is 15.5 Å². The number of para-hydroxylation sites is 1. The summed E-state index contributed by atoms with van der Waals surface area (Å²) in [5.41, 5.74) is 3.11. The van der Waals surface area contributed by atoms with Gasteiger partial charge in [-0.05, 0) is 68.9 Å². The Balaban J connectivity index is 0.000000231. The Bertz CT molecular complexity index is 1370. The predicted molar refractivity (Wildman–Crippen MR) is 159 cm³/mol. The number of ether oxygens (including phenoxy) is 1. The summed E-state index contributed by atoms with van der Waals surface area (Å²) in [4.78, 5) is 38.7. The van der Waals surface area contributed by atoms with Gasteiger partial charge in [0.2, 0.25) is 18.2 Å². The molecular formula is C32H36N4O4S. The Morgan fingerprint density at radius 1 is 1.10 bits per heavy atom. The molecule has 1 fully saturated rings. The van der Waals surface area contributed by atoms with Gasteiger partial charge >= 0.3 is 0 Å². The van der Waals surface area contributed by atoms with E-state index in [4.69, 9.17) is 10.00 Å². The Morgan fingerprint density at radius 3 is 2.51 bits per heavy atom. The van der Waals surface area contributed by atoms with E-state index in [2.05, 4.69) is 23.6 Å². The summed E-state index contributed by atoms with van der Waals surface area (Å²) < 4.78 is 5.63. The Kier molecular flexibility index (Phi) is 10.5. The lowest BCUT2D eigenvalue weighted by Crippen LogP contribution is -2.53. The van der Waals surface area contributed by atoms with Gasteiger partial charge in [-0.2, -0.15) is 5.26 Å². The van der Waals surface area contributed by atoms with E-state index in [9.17, 15) is 14.4 Å². The fraction of sp³-hybridized carbons (Fsp3) is 0.375. The van der Waals surface area contributed by atoms with Gasteiger partial charge in [0.25, 0.3) is 0 Å². The monoisotopic (exact) mass is 572 g/mol. The van der Waals surface area contributed by atoms with Gasteiger partial charge < -0.3 is 20.3 Å². The normalized spacial score (nSPS) is 19.1. The van der Waals surface area contributed by atoms with Crippen LogP contribution in [0.3, 0.4) is 0 Å². The molecule has 2 N–H and O–H groups in total. The third-order valence-electron chi connectivity index (χ3n) is 7.52. The molecule has 0 saturated carbocycles. The first-order valence-corrected chi connectivity index (χ1v) is 14.9. The second-order valence-corrected chi connectivity index (χ2v) is 11.3. The van der Waals surface area contributed by atoms with E-state index in [1.165, 1.54) is 10.4 Å². The Hall–Kier alpha value is -4.16. The van der Waals surface area contributed by atoms with Gasteiger partial charge in [-0.15, -0.1) is 11.3 Å². The van der Waals surface area contributed by atoms with Crippen molar-refractivity contribution in [3.63, 3.8) is 0 Å². The van der Waals surface area contributed by atoms with Crippen LogP contribution in [0, 0.1) is 18.3 Å². The maximum absolute atomic E-state index is 12.9. The van der Waals surface area contributed by atoms with E-state index in [-0.39, 0.29) is 30.4 Å². The quantitative estimate of drug-likeness (QED) is 0.373. The summed E-state index contributed by atoms with van der Waals surface area (Å²) in [6.45, 7) is 3.99. The second kappa shape index (κ2) is 14.5. The molecule has 0 spiro atoms. The van der Waals surface area contributed by atoms with Crippen LogP contribution >= 0.6 is 11.3 Å². The van der Waals surface area contributed by atoms with Gasteiger partial charge in [-0.1, -0.05) is 42.8 Å². The average molecular weight is 573 g/mol. The third kappa shape index (κ3) is 7.74. The van der Waals surface area contributed by atoms with Gasteiger partial charge in [0.05, 0.1) is 12.1 Å². The summed E-state index contributed by atoms with van der Waals surface area (Å²) in [5, 5.41) is 16.6. The molecule has 1 aromatic heterocycles. The molecule has 1 aliphatic heterocycles. The molecular weight excluding hydrogens is 536 g/mol. The van der Waals surface area contributed by atoms with Crippen LogP contribution in [0.15, 0.2) is 60.0 Å². The molecule has 2 aromatic carbocycles. The number of thiophene rings is 1. The molecule has 5 rings (SSSR count). The van der Waals surface area contributed by atoms with Crippen LogP contribution in [0.25, 0.3) is 0 Å². The summed E-state index contributed by atoms with van der Waals surface area (Å²) in [7, 11) is 0. The number of nitrogens with one attached hydrogen (secondary N) is 2. The van der Waals surface area contributed by atoms with Crippen molar-refractivity contribution < 1.29 is 19.1 Å². The molecule has 3 unspecified atom stereocenters. The molecule has 8 nitrogen and oxygen atoms in total. The van der Waals surface area contributed by atoms with Gasteiger partial charge in [-0.3, -0.25) is 14.4 Å². The number of hydrogen-bond acceptors (Lipinski definition) is 6. The van der Waals surface area contributed by atoms with E-state index < -0.39 is 6.04 Å². The van der Waals surface area contributed by atoms with Crippen LogP contribution in [-0.4, -0.2) is 47.8 Å². The van der Waals surface area contributed by atoms with Crippen molar-refractivity contribution in [1.29, 1.82) is 5.26 Å². The van der Waals surface area contributed by atoms with Gasteiger partial charge in [0, 0.05) is 28.8 Å². The zero-order chi connectivity index (χ0) is 29.2. The zero-order valence-corrected chi connectivity index (χ0v) is 24.3. The SMILES string of the molecule is CCC1CCC(C(=O)NC2CCc3c(C#N)csc3C2)N1C(=O)CNC=O.Cc1ccc(Oc2ccccc2)cc1. The predicted octanol–water partition coefficient (Wildman–Crippen LogP) is 4.90. The van der Waals surface area contributed by atoms with E-state index >= 15 is 0 Å². The van der Waals surface area contributed by atoms with Crippen molar-refractivity contribution in [2.75, 3.05) is 6.54 Å². The highest BCUT2D eigenvalue weighted by Gasteiger charge is 2.40. The average Bonchev–Trinajstić information content (AvgIpc) is 3.62. The van der Waals surface area contributed by atoms with Gasteiger partial charge in [-0.25, -0.2) is 0 Å². The fourth-order valence-electron chi connectivity index (χ4n) is 5.40. The molecule has 1 aliphatic carbocycles. The molecule has 1 saturated heterocycles.